The second kappa shape index (κ2) is 12.8. The third-order valence-corrected chi connectivity index (χ3v) is 4.58. The molecule has 144 valence electrons. The Hall–Kier alpha value is -1.56. The number of carbonyl (C=O) groups is 2. The lowest BCUT2D eigenvalue weighted by Gasteiger charge is -2.21. The number of carbonyl (C=O) groups excluding carboxylic acids is 2. The summed E-state index contributed by atoms with van der Waals surface area (Å²) in [6.45, 7) is 2.23. The van der Waals surface area contributed by atoms with Gasteiger partial charge in [0.1, 0.15) is 0 Å². The molecule has 0 aliphatic carbocycles. The number of ether oxygens (including phenoxy) is 1. The number of urea groups is 1. The van der Waals surface area contributed by atoms with Crippen LogP contribution >= 0.6 is 0 Å². The highest BCUT2D eigenvalue weighted by atomic mass is 16.6. The average molecular weight is 354 g/mol. The lowest BCUT2D eigenvalue weighted by atomic mass is 9.99. The number of hydrogen-bond acceptors (Lipinski definition) is 4. The molecule has 25 heavy (non-hydrogen) atoms. The molecule has 1 rings (SSSR count). The molecule has 0 aromatic rings. The van der Waals surface area contributed by atoms with Gasteiger partial charge in [-0.1, -0.05) is 71.1 Å². The summed E-state index contributed by atoms with van der Waals surface area (Å²) in [6, 6.07) is -0.708. The van der Waals surface area contributed by atoms with Gasteiger partial charge in [-0.15, -0.1) is 0 Å². The first-order valence-corrected chi connectivity index (χ1v) is 9.67. The van der Waals surface area contributed by atoms with E-state index in [0.29, 0.717) is 12.0 Å². The van der Waals surface area contributed by atoms with Crippen LogP contribution in [0.25, 0.3) is 0 Å². The van der Waals surface area contributed by atoms with Crippen LogP contribution in [0.3, 0.4) is 0 Å². The van der Waals surface area contributed by atoms with Crippen LogP contribution in [0.2, 0.25) is 0 Å². The smallest absolute Gasteiger partial charge is 0.333 e. The zero-order valence-electron chi connectivity index (χ0n) is 15.7. The maximum Gasteiger partial charge on any atom is 0.333 e. The summed E-state index contributed by atoms with van der Waals surface area (Å²) >= 11 is 0. The predicted octanol–water partition coefficient (Wildman–Crippen LogP) is 3.40. The highest BCUT2D eigenvalue weighted by Crippen LogP contribution is 2.21. The third kappa shape index (κ3) is 8.91. The monoisotopic (exact) mass is 354 g/mol. The van der Waals surface area contributed by atoms with E-state index in [4.69, 9.17) is 4.74 Å². The van der Waals surface area contributed by atoms with E-state index in [9.17, 15) is 14.7 Å². The molecule has 1 aliphatic heterocycles. The standard InChI is InChI=1S/C19H34N2O4/c1-3-4-5-6-7-8-9-10-11-12-13-16(21-19(24)20-2)15-14-17(22)25-18(15)23/h14,16,18,23H,3-13H2,1-2H3,(H2,20,21,24). The van der Waals surface area contributed by atoms with E-state index in [1.54, 1.807) is 0 Å². The van der Waals surface area contributed by atoms with E-state index >= 15 is 0 Å². The number of hydrogen-bond donors (Lipinski definition) is 3. The second-order valence-corrected chi connectivity index (χ2v) is 6.68. The van der Waals surface area contributed by atoms with Crippen LogP contribution in [0.5, 0.6) is 0 Å². The van der Waals surface area contributed by atoms with Gasteiger partial charge in [0.25, 0.3) is 0 Å². The van der Waals surface area contributed by atoms with E-state index in [-0.39, 0.29) is 12.1 Å². The normalized spacial score (nSPS) is 17.8. The van der Waals surface area contributed by atoms with Crippen molar-refractivity contribution in [2.45, 2.75) is 89.9 Å². The first kappa shape index (κ1) is 21.5. The summed E-state index contributed by atoms with van der Waals surface area (Å²) in [4.78, 5) is 22.9. The highest BCUT2D eigenvalue weighted by molar-refractivity contribution is 5.86. The Bertz CT molecular complexity index is 437. The van der Waals surface area contributed by atoms with Gasteiger partial charge in [-0.3, -0.25) is 0 Å². The van der Waals surface area contributed by atoms with Crippen LogP contribution in [0, 0.1) is 0 Å². The molecule has 0 saturated heterocycles. The summed E-state index contributed by atoms with van der Waals surface area (Å²) in [5.74, 6) is -0.561. The van der Waals surface area contributed by atoms with Gasteiger partial charge >= 0.3 is 12.0 Å². The minimum atomic E-state index is -1.25. The fourth-order valence-corrected chi connectivity index (χ4v) is 3.08. The van der Waals surface area contributed by atoms with E-state index in [1.165, 1.54) is 64.5 Å². The Morgan fingerprint density at radius 3 is 2.16 bits per heavy atom. The molecule has 0 fully saturated rings. The molecular formula is C19H34N2O4. The highest BCUT2D eigenvalue weighted by Gasteiger charge is 2.30. The zero-order valence-corrected chi connectivity index (χ0v) is 15.7. The molecule has 0 bridgehead atoms. The molecule has 0 aromatic heterocycles. The van der Waals surface area contributed by atoms with Crippen LogP contribution in [0.1, 0.15) is 77.6 Å². The predicted molar refractivity (Wildman–Crippen MR) is 98.0 cm³/mol. The fourth-order valence-electron chi connectivity index (χ4n) is 3.08. The fraction of sp³-hybridized carbons (Fsp3) is 0.789. The van der Waals surface area contributed by atoms with Gasteiger partial charge in [-0.2, -0.15) is 0 Å². The van der Waals surface area contributed by atoms with Crippen molar-refractivity contribution in [1.82, 2.24) is 10.6 Å². The first-order chi connectivity index (χ1) is 12.1. The maximum atomic E-state index is 11.6. The number of rotatable bonds is 13. The third-order valence-electron chi connectivity index (χ3n) is 4.58. The molecule has 0 spiro atoms. The van der Waals surface area contributed by atoms with Gasteiger partial charge in [0.15, 0.2) is 0 Å². The Morgan fingerprint density at radius 2 is 1.68 bits per heavy atom. The molecule has 0 aromatic carbocycles. The molecule has 2 unspecified atom stereocenters. The van der Waals surface area contributed by atoms with Crippen molar-refractivity contribution in [2.75, 3.05) is 7.05 Å². The average Bonchev–Trinajstić information content (AvgIpc) is 2.93. The Kier molecular flexibility index (Phi) is 11.0. The number of aliphatic hydroxyl groups is 1. The number of cyclic esters (lactones) is 1. The summed E-state index contributed by atoms with van der Waals surface area (Å²) in [5, 5.41) is 15.1. The second-order valence-electron chi connectivity index (χ2n) is 6.68. The van der Waals surface area contributed by atoms with Gasteiger partial charge in [0.2, 0.25) is 6.29 Å². The number of amides is 2. The molecular weight excluding hydrogens is 320 g/mol. The minimum Gasteiger partial charge on any atom is -0.429 e. The number of unbranched alkanes of at least 4 members (excludes halogenated alkanes) is 9. The minimum absolute atomic E-state index is 0.329. The van der Waals surface area contributed by atoms with Crippen LogP contribution in [0.4, 0.5) is 4.79 Å². The van der Waals surface area contributed by atoms with Crippen molar-refractivity contribution < 1.29 is 19.4 Å². The first-order valence-electron chi connectivity index (χ1n) is 9.67. The van der Waals surface area contributed by atoms with Gasteiger partial charge in [-0.05, 0) is 6.42 Å². The molecule has 2 amide bonds. The van der Waals surface area contributed by atoms with Crippen molar-refractivity contribution in [3.8, 4) is 0 Å². The Morgan fingerprint density at radius 1 is 1.12 bits per heavy atom. The van der Waals surface area contributed by atoms with Crippen LogP contribution < -0.4 is 10.6 Å². The quantitative estimate of drug-likeness (QED) is 0.349. The Labute approximate surface area is 151 Å². The van der Waals surface area contributed by atoms with Crippen molar-refractivity contribution in [3.05, 3.63) is 11.6 Å². The molecule has 1 heterocycles. The van der Waals surface area contributed by atoms with E-state index in [2.05, 4.69) is 17.6 Å². The molecule has 6 nitrogen and oxygen atoms in total. The van der Waals surface area contributed by atoms with Crippen LogP contribution in [-0.2, 0) is 9.53 Å². The summed E-state index contributed by atoms with van der Waals surface area (Å²) in [7, 11) is 1.54. The summed E-state index contributed by atoms with van der Waals surface area (Å²) in [6.07, 6.45) is 13.1. The topological polar surface area (TPSA) is 87.7 Å². The molecule has 0 radical (unpaired) electrons. The maximum absolute atomic E-state index is 11.6. The van der Waals surface area contributed by atoms with E-state index in [0.717, 1.165) is 12.8 Å². The molecule has 3 N–H and O–H groups in total. The van der Waals surface area contributed by atoms with Gasteiger partial charge in [0.05, 0.1) is 6.04 Å². The van der Waals surface area contributed by atoms with Crippen molar-refractivity contribution in [1.29, 1.82) is 0 Å². The molecule has 1 aliphatic rings. The molecule has 6 heteroatoms. The molecule has 2 atom stereocenters. The van der Waals surface area contributed by atoms with Crippen molar-refractivity contribution >= 4 is 12.0 Å². The zero-order chi connectivity index (χ0) is 18.5. The number of nitrogens with one attached hydrogen (secondary N) is 2. The number of aliphatic hydroxyl groups excluding tert-OH is 1. The van der Waals surface area contributed by atoms with E-state index < -0.39 is 12.3 Å². The lowest BCUT2D eigenvalue weighted by molar-refractivity contribution is -0.151. The van der Waals surface area contributed by atoms with Crippen molar-refractivity contribution in [2.24, 2.45) is 0 Å². The van der Waals surface area contributed by atoms with E-state index in [1.807, 2.05) is 0 Å². The lowest BCUT2D eigenvalue weighted by Crippen LogP contribution is -2.43. The number of esters is 1. The summed E-state index contributed by atoms with van der Waals surface area (Å²) < 4.78 is 4.72. The SMILES string of the molecule is CCCCCCCCCCCCC(NC(=O)NC)C1=CC(=O)OC1O. The largest absolute Gasteiger partial charge is 0.429 e. The summed E-state index contributed by atoms with van der Waals surface area (Å²) in [5.41, 5.74) is 0.435. The van der Waals surface area contributed by atoms with Gasteiger partial charge in [0, 0.05) is 18.7 Å². The molecule has 0 saturated carbocycles. The van der Waals surface area contributed by atoms with Crippen LogP contribution in [-0.4, -0.2) is 36.5 Å². The Balaban J connectivity index is 2.24. The van der Waals surface area contributed by atoms with Gasteiger partial charge in [-0.25, -0.2) is 9.59 Å². The van der Waals surface area contributed by atoms with Gasteiger partial charge < -0.3 is 20.5 Å². The van der Waals surface area contributed by atoms with Crippen molar-refractivity contribution in [3.63, 3.8) is 0 Å². The van der Waals surface area contributed by atoms with Crippen LogP contribution in [0.15, 0.2) is 11.6 Å².